The Hall–Kier alpha value is -3.17. The molecule has 0 radical (unpaired) electrons. The molecule has 0 saturated carbocycles. The number of H-pyrrole nitrogens is 1. The topological polar surface area (TPSA) is 113 Å². The summed E-state index contributed by atoms with van der Waals surface area (Å²) in [6.07, 6.45) is 2.25. The van der Waals surface area contributed by atoms with E-state index in [2.05, 4.69) is 20.1 Å². The van der Waals surface area contributed by atoms with E-state index >= 15 is 0 Å². The molecule has 9 nitrogen and oxygen atoms in total. The van der Waals surface area contributed by atoms with Crippen LogP contribution in [-0.4, -0.2) is 47.0 Å². The summed E-state index contributed by atoms with van der Waals surface area (Å²) < 4.78 is 7.33. The number of halogens is 1. The number of oxazole rings is 1. The number of hydrogen-bond donors (Lipinski definition) is 2. The first-order valence-corrected chi connectivity index (χ1v) is 10.3. The van der Waals surface area contributed by atoms with Gasteiger partial charge in [0.05, 0.1) is 28.9 Å². The monoisotopic (exact) mass is 440 g/mol. The van der Waals surface area contributed by atoms with E-state index < -0.39 is 11.6 Å². The molecule has 0 unspecified atom stereocenters. The second kappa shape index (κ2) is 6.93. The van der Waals surface area contributed by atoms with Gasteiger partial charge in [-0.05, 0) is 39.0 Å². The van der Waals surface area contributed by atoms with Crippen molar-refractivity contribution in [2.24, 2.45) is 0 Å². The maximum absolute atomic E-state index is 13.6. The predicted molar refractivity (Wildman–Crippen MR) is 112 cm³/mol. The van der Waals surface area contributed by atoms with Crippen molar-refractivity contribution in [1.82, 2.24) is 29.5 Å². The van der Waals surface area contributed by atoms with Crippen molar-refractivity contribution < 1.29 is 14.3 Å². The van der Waals surface area contributed by atoms with Crippen molar-refractivity contribution in [2.75, 3.05) is 6.54 Å². The number of fused-ring (bicyclic) bond motifs is 2. The molecule has 160 valence electrons. The van der Waals surface area contributed by atoms with Crippen LogP contribution in [-0.2, 0) is 12.0 Å². The first-order chi connectivity index (χ1) is 14.7. The third-order valence-electron chi connectivity index (χ3n) is 5.44. The molecular formula is C21H21ClN6O3. The summed E-state index contributed by atoms with van der Waals surface area (Å²) in [6, 6.07) is 6.89. The zero-order chi connectivity index (χ0) is 21.9. The second-order valence-corrected chi connectivity index (χ2v) is 8.55. The Morgan fingerprint density at radius 3 is 2.90 bits per heavy atom. The highest BCUT2D eigenvalue weighted by atomic mass is 35.5. The molecule has 5 heterocycles. The smallest absolute Gasteiger partial charge is 0.292 e. The van der Waals surface area contributed by atoms with Crippen LogP contribution in [0.4, 0.5) is 0 Å². The number of carbonyl (C=O) groups is 1. The Balaban J connectivity index is 1.61. The van der Waals surface area contributed by atoms with Crippen LogP contribution in [0, 0.1) is 6.92 Å². The Morgan fingerprint density at radius 1 is 1.39 bits per heavy atom. The maximum atomic E-state index is 13.6. The Morgan fingerprint density at radius 2 is 2.19 bits per heavy atom. The van der Waals surface area contributed by atoms with Crippen LogP contribution < -0.4 is 0 Å². The SMILES string of the molecule is Cc1nc(C(C)(C)O)oc1C(=O)N1CCc2[nH]cnc2[C@H]1c1cc2cccc(Cl)n2n1. The first kappa shape index (κ1) is 19.8. The minimum atomic E-state index is -1.29. The number of carbonyl (C=O) groups excluding carboxylic acids is 1. The zero-order valence-corrected chi connectivity index (χ0v) is 18.0. The van der Waals surface area contributed by atoms with Crippen molar-refractivity contribution in [3.8, 4) is 0 Å². The lowest BCUT2D eigenvalue weighted by Crippen LogP contribution is -2.41. The van der Waals surface area contributed by atoms with Crippen LogP contribution >= 0.6 is 11.6 Å². The number of nitrogens with one attached hydrogen (secondary N) is 1. The summed E-state index contributed by atoms with van der Waals surface area (Å²) in [6.45, 7) is 5.26. The lowest BCUT2D eigenvalue weighted by Gasteiger charge is -2.33. The van der Waals surface area contributed by atoms with E-state index in [1.54, 1.807) is 42.6 Å². The van der Waals surface area contributed by atoms with Crippen molar-refractivity contribution in [3.05, 3.63) is 70.2 Å². The molecule has 31 heavy (non-hydrogen) atoms. The molecule has 4 aromatic rings. The first-order valence-electron chi connectivity index (χ1n) is 9.91. The van der Waals surface area contributed by atoms with E-state index in [-0.39, 0.29) is 17.6 Å². The highest BCUT2D eigenvalue weighted by Crippen LogP contribution is 2.35. The quantitative estimate of drug-likeness (QED) is 0.473. The van der Waals surface area contributed by atoms with Gasteiger partial charge in [0.25, 0.3) is 5.91 Å². The number of aromatic amines is 1. The average molecular weight is 441 g/mol. The van der Waals surface area contributed by atoms with Crippen molar-refractivity contribution >= 4 is 23.0 Å². The molecule has 0 fully saturated rings. The largest absolute Gasteiger partial charge is 0.432 e. The summed E-state index contributed by atoms with van der Waals surface area (Å²) >= 11 is 6.30. The third-order valence-corrected chi connectivity index (χ3v) is 5.73. The fourth-order valence-electron chi connectivity index (χ4n) is 3.92. The molecule has 0 aliphatic carbocycles. The number of amides is 1. The lowest BCUT2D eigenvalue weighted by atomic mass is 9.99. The van der Waals surface area contributed by atoms with E-state index in [9.17, 15) is 9.90 Å². The van der Waals surface area contributed by atoms with Gasteiger partial charge < -0.3 is 19.4 Å². The highest BCUT2D eigenvalue weighted by Gasteiger charge is 2.39. The van der Waals surface area contributed by atoms with E-state index in [0.29, 0.717) is 29.5 Å². The van der Waals surface area contributed by atoms with Crippen LogP contribution in [0.25, 0.3) is 5.52 Å². The third kappa shape index (κ3) is 3.21. The van der Waals surface area contributed by atoms with E-state index in [1.807, 2.05) is 18.2 Å². The second-order valence-electron chi connectivity index (χ2n) is 8.16. The fraction of sp³-hybridized carbons (Fsp3) is 0.333. The summed E-state index contributed by atoms with van der Waals surface area (Å²) in [7, 11) is 0. The molecular weight excluding hydrogens is 420 g/mol. The number of rotatable bonds is 3. The Kier molecular flexibility index (Phi) is 4.42. The Labute approximate surface area is 182 Å². The molecule has 1 amide bonds. The zero-order valence-electron chi connectivity index (χ0n) is 17.3. The minimum Gasteiger partial charge on any atom is -0.432 e. The number of hydrogen-bond acceptors (Lipinski definition) is 6. The van der Waals surface area contributed by atoms with Crippen LogP contribution in [0.2, 0.25) is 5.15 Å². The summed E-state index contributed by atoms with van der Waals surface area (Å²) in [5.41, 5.74) is 2.29. The molecule has 2 N–H and O–H groups in total. The van der Waals surface area contributed by atoms with Crippen molar-refractivity contribution in [1.29, 1.82) is 0 Å². The van der Waals surface area contributed by atoms with E-state index in [4.69, 9.17) is 16.0 Å². The molecule has 0 saturated heterocycles. The number of pyridine rings is 1. The highest BCUT2D eigenvalue weighted by molar-refractivity contribution is 6.29. The standard InChI is InChI=1S/C21H21ClN6O3/c1-11-18(31-20(25-11)21(2,3)30)19(29)27-8-7-13-16(24-10-23-13)17(27)14-9-12-5-4-6-15(22)28(12)26-14/h4-6,9-10,17,30H,7-8H2,1-3H3,(H,23,24)/t17-/m1/s1. The number of aromatic nitrogens is 5. The number of aryl methyl sites for hydroxylation is 1. The maximum Gasteiger partial charge on any atom is 0.292 e. The molecule has 1 atom stereocenters. The molecule has 0 aromatic carbocycles. The molecule has 1 aliphatic rings. The van der Waals surface area contributed by atoms with Crippen molar-refractivity contribution in [3.63, 3.8) is 0 Å². The van der Waals surface area contributed by atoms with Gasteiger partial charge >= 0.3 is 0 Å². The molecule has 0 spiro atoms. The van der Waals surface area contributed by atoms with Gasteiger partial charge in [-0.1, -0.05) is 17.7 Å². The van der Waals surface area contributed by atoms with Crippen LogP contribution in [0.3, 0.4) is 0 Å². The fourth-order valence-corrected chi connectivity index (χ4v) is 4.12. The van der Waals surface area contributed by atoms with Gasteiger partial charge in [-0.25, -0.2) is 14.5 Å². The molecule has 1 aliphatic heterocycles. The molecule has 0 bridgehead atoms. The van der Waals surface area contributed by atoms with Crippen LogP contribution in [0.5, 0.6) is 0 Å². The normalized spacial score (nSPS) is 16.7. The molecule has 10 heteroatoms. The number of imidazole rings is 1. The summed E-state index contributed by atoms with van der Waals surface area (Å²) in [5.74, 6) is -0.132. The van der Waals surface area contributed by atoms with Gasteiger partial charge in [0.1, 0.15) is 16.8 Å². The molecule has 4 aromatic heterocycles. The van der Waals surface area contributed by atoms with Gasteiger partial charge in [0.15, 0.2) is 0 Å². The lowest BCUT2D eigenvalue weighted by molar-refractivity contribution is 0.0440. The minimum absolute atomic E-state index is 0.0990. The summed E-state index contributed by atoms with van der Waals surface area (Å²) in [5, 5.41) is 15.4. The van der Waals surface area contributed by atoms with Gasteiger partial charge in [-0.2, -0.15) is 5.10 Å². The van der Waals surface area contributed by atoms with Crippen LogP contribution in [0.1, 0.15) is 59.1 Å². The number of aliphatic hydroxyl groups is 1. The molecule has 5 rings (SSSR count). The van der Waals surface area contributed by atoms with Gasteiger partial charge in [0, 0.05) is 18.7 Å². The van der Waals surface area contributed by atoms with Gasteiger partial charge in [-0.15, -0.1) is 0 Å². The number of nitrogens with zero attached hydrogens (tertiary/aromatic N) is 5. The van der Waals surface area contributed by atoms with E-state index in [1.165, 1.54) is 0 Å². The van der Waals surface area contributed by atoms with E-state index in [0.717, 1.165) is 16.9 Å². The van der Waals surface area contributed by atoms with Gasteiger partial charge in [-0.3, -0.25) is 4.79 Å². The van der Waals surface area contributed by atoms with Gasteiger partial charge in [0.2, 0.25) is 11.7 Å². The van der Waals surface area contributed by atoms with Crippen molar-refractivity contribution in [2.45, 2.75) is 38.8 Å². The van der Waals surface area contributed by atoms with Crippen LogP contribution in [0.15, 0.2) is 35.0 Å². The summed E-state index contributed by atoms with van der Waals surface area (Å²) in [4.78, 5) is 27.1. The predicted octanol–water partition coefficient (Wildman–Crippen LogP) is 3.02. The Bertz CT molecular complexity index is 1300. The average Bonchev–Trinajstić information content (AvgIpc) is 3.44.